The fourth-order valence-corrected chi connectivity index (χ4v) is 2.82. The molecule has 21 heavy (non-hydrogen) atoms. The van der Waals surface area contributed by atoms with E-state index in [1.165, 1.54) is 7.11 Å². The SMILES string of the molecule is COC(=O)c1cn2c(-c3ccccc3C(N)=O)nnc2s1. The lowest BCUT2D eigenvalue weighted by Crippen LogP contribution is -2.12. The second-order valence-electron chi connectivity index (χ2n) is 4.17. The Morgan fingerprint density at radius 2 is 2.05 bits per heavy atom. The molecule has 106 valence electrons. The number of carbonyl (C=O) groups is 2. The molecule has 1 aromatic carbocycles. The van der Waals surface area contributed by atoms with Gasteiger partial charge >= 0.3 is 5.97 Å². The molecule has 0 atom stereocenters. The highest BCUT2D eigenvalue weighted by Crippen LogP contribution is 2.26. The van der Waals surface area contributed by atoms with Gasteiger partial charge < -0.3 is 10.5 Å². The number of aromatic nitrogens is 3. The predicted octanol–water partition coefficient (Wildman–Crippen LogP) is 1.34. The van der Waals surface area contributed by atoms with E-state index >= 15 is 0 Å². The number of fused-ring (bicyclic) bond motifs is 1. The molecule has 0 aliphatic heterocycles. The summed E-state index contributed by atoms with van der Waals surface area (Å²) in [6.07, 6.45) is 1.58. The largest absolute Gasteiger partial charge is 0.465 e. The maximum Gasteiger partial charge on any atom is 0.349 e. The van der Waals surface area contributed by atoms with Gasteiger partial charge in [0.15, 0.2) is 5.82 Å². The first kappa shape index (κ1) is 13.3. The van der Waals surface area contributed by atoms with Crippen molar-refractivity contribution in [2.24, 2.45) is 5.73 Å². The van der Waals surface area contributed by atoms with Crippen molar-refractivity contribution in [1.29, 1.82) is 0 Å². The fourth-order valence-electron chi connectivity index (χ4n) is 1.98. The van der Waals surface area contributed by atoms with Gasteiger partial charge in [0.2, 0.25) is 10.9 Å². The van der Waals surface area contributed by atoms with Gasteiger partial charge in [0, 0.05) is 11.8 Å². The summed E-state index contributed by atoms with van der Waals surface area (Å²) in [6, 6.07) is 6.84. The number of carbonyl (C=O) groups excluding carboxylic acids is 2. The number of thiazole rings is 1. The minimum Gasteiger partial charge on any atom is -0.465 e. The van der Waals surface area contributed by atoms with Crippen LogP contribution in [-0.4, -0.2) is 33.6 Å². The van der Waals surface area contributed by atoms with Gasteiger partial charge in [-0.1, -0.05) is 29.5 Å². The lowest BCUT2D eigenvalue weighted by atomic mass is 10.1. The summed E-state index contributed by atoms with van der Waals surface area (Å²) in [7, 11) is 1.31. The Labute approximate surface area is 123 Å². The zero-order chi connectivity index (χ0) is 15.0. The summed E-state index contributed by atoms with van der Waals surface area (Å²) in [5.41, 5.74) is 6.28. The van der Waals surface area contributed by atoms with E-state index in [9.17, 15) is 9.59 Å². The van der Waals surface area contributed by atoms with Gasteiger partial charge in [0.1, 0.15) is 4.88 Å². The third-order valence-electron chi connectivity index (χ3n) is 2.93. The highest BCUT2D eigenvalue weighted by Gasteiger charge is 2.19. The highest BCUT2D eigenvalue weighted by molar-refractivity contribution is 7.18. The molecular formula is C13H10N4O3S. The Kier molecular flexibility index (Phi) is 3.15. The van der Waals surface area contributed by atoms with E-state index in [0.717, 1.165) is 11.3 Å². The average Bonchev–Trinajstić information content (AvgIpc) is 3.06. The van der Waals surface area contributed by atoms with E-state index in [0.29, 0.717) is 26.8 Å². The average molecular weight is 302 g/mol. The Morgan fingerprint density at radius 1 is 1.29 bits per heavy atom. The molecule has 0 spiro atoms. The van der Waals surface area contributed by atoms with Crippen LogP contribution in [0.15, 0.2) is 30.5 Å². The lowest BCUT2D eigenvalue weighted by molar-refractivity contribution is 0.0605. The molecule has 2 N–H and O–H groups in total. The van der Waals surface area contributed by atoms with Crippen LogP contribution in [0.1, 0.15) is 20.0 Å². The Morgan fingerprint density at radius 3 is 2.76 bits per heavy atom. The van der Waals surface area contributed by atoms with Crippen molar-refractivity contribution >= 4 is 28.2 Å². The third-order valence-corrected chi connectivity index (χ3v) is 3.89. The van der Waals surface area contributed by atoms with Crippen LogP contribution in [0.5, 0.6) is 0 Å². The molecule has 3 rings (SSSR count). The first-order valence-corrected chi connectivity index (χ1v) is 6.75. The molecule has 3 aromatic rings. The minimum absolute atomic E-state index is 0.345. The molecule has 2 aromatic heterocycles. The fraction of sp³-hybridized carbons (Fsp3) is 0.0769. The number of ether oxygens (including phenoxy) is 1. The van der Waals surface area contributed by atoms with Crippen LogP contribution >= 0.6 is 11.3 Å². The number of amides is 1. The van der Waals surface area contributed by atoms with Gasteiger partial charge in [-0.05, 0) is 6.07 Å². The highest BCUT2D eigenvalue weighted by atomic mass is 32.1. The molecular weight excluding hydrogens is 292 g/mol. The van der Waals surface area contributed by atoms with Gasteiger partial charge in [-0.25, -0.2) is 4.79 Å². The summed E-state index contributed by atoms with van der Waals surface area (Å²) in [5, 5.41) is 8.06. The first-order valence-electron chi connectivity index (χ1n) is 5.94. The molecule has 0 aliphatic rings. The number of rotatable bonds is 3. The van der Waals surface area contributed by atoms with Crippen LogP contribution < -0.4 is 5.73 Å². The molecule has 2 heterocycles. The normalized spacial score (nSPS) is 10.7. The van der Waals surface area contributed by atoms with Crippen LogP contribution in [0.2, 0.25) is 0 Å². The quantitative estimate of drug-likeness (QED) is 0.736. The number of nitrogens with zero attached hydrogens (tertiary/aromatic N) is 3. The van der Waals surface area contributed by atoms with Gasteiger partial charge in [-0.3, -0.25) is 9.20 Å². The molecule has 1 amide bonds. The molecule has 0 radical (unpaired) electrons. The van der Waals surface area contributed by atoms with E-state index in [4.69, 9.17) is 5.73 Å². The summed E-state index contributed by atoms with van der Waals surface area (Å²) < 4.78 is 6.32. The van der Waals surface area contributed by atoms with E-state index in [2.05, 4.69) is 14.9 Å². The molecule has 0 saturated heterocycles. The Balaban J connectivity index is 2.19. The second kappa shape index (κ2) is 4.98. The molecule has 0 saturated carbocycles. The Hall–Kier alpha value is -2.74. The van der Waals surface area contributed by atoms with Crippen LogP contribution in [0.4, 0.5) is 0 Å². The van der Waals surface area contributed by atoms with Crippen LogP contribution in [0.3, 0.4) is 0 Å². The Bertz CT molecular complexity index is 852. The number of benzene rings is 1. The van der Waals surface area contributed by atoms with Gasteiger partial charge in [-0.2, -0.15) is 0 Å². The van der Waals surface area contributed by atoms with Crippen molar-refractivity contribution in [1.82, 2.24) is 14.6 Å². The van der Waals surface area contributed by atoms with E-state index < -0.39 is 11.9 Å². The van der Waals surface area contributed by atoms with Crippen molar-refractivity contribution in [3.63, 3.8) is 0 Å². The maximum atomic E-state index is 11.6. The van der Waals surface area contributed by atoms with Crippen molar-refractivity contribution in [3.05, 3.63) is 40.9 Å². The topological polar surface area (TPSA) is 99.6 Å². The zero-order valence-electron chi connectivity index (χ0n) is 10.9. The van der Waals surface area contributed by atoms with E-state index in [1.807, 2.05) is 0 Å². The van der Waals surface area contributed by atoms with Gasteiger partial charge in [0.25, 0.3) is 0 Å². The van der Waals surface area contributed by atoms with E-state index in [-0.39, 0.29) is 0 Å². The predicted molar refractivity (Wildman–Crippen MR) is 76.2 cm³/mol. The van der Waals surface area contributed by atoms with Gasteiger partial charge in [-0.15, -0.1) is 10.2 Å². The zero-order valence-corrected chi connectivity index (χ0v) is 11.8. The third kappa shape index (κ3) is 2.15. The van der Waals surface area contributed by atoms with Crippen molar-refractivity contribution < 1.29 is 14.3 Å². The smallest absolute Gasteiger partial charge is 0.349 e. The second-order valence-corrected chi connectivity index (χ2v) is 5.18. The van der Waals surface area contributed by atoms with Crippen molar-refractivity contribution in [3.8, 4) is 11.4 Å². The monoisotopic (exact) mass is 302 g/mol. The van der Waals surface area contributed by atoms with Crippen LogP contribution in [-0.2, 0) is 4.74 Å². The van der Waals surface area contributed by atoms with Crippen LogP contribution in [0, 0.1) is 0 Å². The molecule has 7 nitrogen and oxygen atoms in total. The summed E-state index contributed by atoms with van der Waals surface area (Å²) in [4.78, 5) is 24.0. The number of primary amides is 1. The number of esters is 1. The molecule has 0 fully saturated rings. The van der Waals surface area contributed by atoms with Crippen molar-refractivity contribution in [2.45, 2.75) is 0 Å². The number of hydrogen-bond donors (Lipinski definition) is 1. The molecule has 0 bridgehead atoms. The van der Waals surface area contributed by atoms with Crippen LogP contribution in [0.25, 0.3) is 16.3 Å². The van der Waals surface area contributed by atoms with Crippen molar-refractivity contribution in [2.75, 3.05) is 7.11 Å². The summed E-state index contributed by atoms with van der Waals surface area (Å²) in [5.74, 6) is -0.545. The van der Waals surface area contributed by atoms with E-state index in [1.54, 1.807) is 34.9 Å². The number of methoxy groups -OCH3 is 1. The minimum atomic E-state index is -0.550. The van der Waals surface area contributed by atoms with Gasteiger partial charge in [0.05, 0.1) is 12.7 Å². The standard InChI is InChI=1S/C13H10N4O3S/c1-20-12(19)9-6-17-11(15-16-13(17)21-9)8-5-3-2-4-7(8)10(14)18/h2-6H,1H3,(H2,14,18). The summed E-state index contributed by atoms with van der Waals surface area (Å²) in [6.45, 7) is 0. The first-order chi connectivity index (χ1) is 10.1. The summed E-state index contributed by atoms with van der Waals surface area (Å²) >= 11 is 1.16. The molecule has 8 heteroatoms. The molecule has 0 aliphatic carbocycles. The number of nitrogens with two attached hydrogens (primary N) is 1. The number of hydrogen-bond acceptors (Lipinski definition) is 6. The molecule has 0 unspecified atom stereocenters. The lowest BCUT2D eigenvalue weighted by Gasteiger charge is -2.03. The maximum absolute atomic E-state index is 11.6.